The molecule has 0 radical (unpaired) electrons. The minimum Gasteiger partial charge on any atom is -0.508 e. The first-order chi connectivity index (χ1) is 18.7. The maximum atomic E-state index is 13.8. The van der Waals surface area contributed by atoms with Crippen LogP contribution >= 0.6 is 0 Å². The van der Waals surface area contributed by atoms with Crippen molar-refractivity contribution in [3.05, 3.63) is 118 Å². The summed E-state index contributed by atoms with van der Waals surface area (Å²) in [5.74, 6) is -7.46. The van der Waals surface area contributed by atoms with Crippen molar-refractivity contribution in [3.8, 4) is 23.0 Å². The van der Waals surface area contributed by atoms with Crippen LogP contribution in [0.5, 0.6) is 23.0 Å². The van der Waals surface area contributed by atoms with E-state index in [1.54, 1.807) is 36.4 Å². The van der Waals surface area contributed by atoms with E-state index in [1.165, 1.54) is 49.4 Å². The number of ketones is 2. The highest BCUT2D eigenvalue weighted by molar-refractivity contribution is 6.24. The Kier molecular flexibility index (Phi) is 7.72. The molecule has 196 valence electrons. The fraction of sp³-hybridized carbons (Fsp3) is 0.0667. The second-order valence-electron chi connectivity index (χ2n) is 8.20. The van der Waals surface area contributed by atoms with Crippen LogP contribution in [0, 0.1) is 0 Å². The van der Waals surface area contributed by atoms with E-state index in [-0.39, 0.29) is 29.0 Å². The fourth-order valence-corrected chi connectivity index (χ4v) is 3.90. The van der Waals surface area contributed by atoms with Gasteiger partial charge in [0.1, 0.15) is 5.75 Å². The smallest absolute Gasteiger partial charge is 0.343 e. The van der Waals surface area contributed by atoms with Crippen LogP contribution in [0.2, 0.25) is 0 Å². The lowest BCUT2D eigenvalue weighted by atomic mass is 9.88. The van der Waals surface area contributed by atoms with Gasteiger partial charge >= 0.3 is 11.9 Å². The molecule has 9 heteroatoms. The van der Waals surface area contributed by atoms with Crippen LogP contribution in [0.25, 0.3) is 0 Å². The van der Waals surface area contributed by atoms with Crippen molar-refractivity contribution in [1.82, 2.24) is 0 Å². The van der Waals surface area contributed by atoms with Crippen LogP contribution in [0.4, 0.5) is 0 Å². The lowest BCUT2D eigenvalue weighted by Gasteiger charge is -2.19. The highest BCUT2D eigenvalue weighted by Gasteiger charge is 2.37. The molecule has 0 atom stereocenters. The fourth-order valence-electron chi connectivity index (χ4n) is 3.90. The van der Waals surface area contributed by atoms with Gasteiger partial charge in [-0.25, -0.2) is 9.59 Å². The monoisotopic (exact) mass is 526 g/mol. The van der Waals surface area contributed by atoms with Crippen molar-refractivity contribution in [1.29, 1.82) is 0 Å². The van der Waals surface area contributed by atoms with E-state index >= 15 is 0 Å². The van der Waals surface area contributed by atoms with Gasteiger partial charge in [0.25, 0.3) is 0 Å². The van der Waals surface area contributed by atoms with Crippen LogP contribution in [-0.4, -0.2) is 45.4 Å². The van der Waals surface area contributed by atoms with E-state index in [2.05, 4.69) is 0 Å². The van der Waals surface area contributed by atoms with Crippen LogP contribution in [-0.2, 0) is 4.74 Å². The predicted molar refractivity (Wildman–Crippen MR) is 139 cm³/mol. The third-order valence-corrected chi connectivity index (χ3v) is 5.69. The quantitative estimate of drug-likeness (QED) is 0.129. The molecule has 0 aliphatic carbocycles. The van der Waals surface area contributed by atoms with Gasteiger partial charge in [-0.3, -0.25) is 9.59 Å². The van der Waals surface area contributed by atoms with E-state index in [1.807, 2.05) is 0 Å². The Balaban J connectivity index is 2.06. The largest absolute Gasteiger partial charge is 0.508 e. The molecule has 3 N–H and O–H groups in total. The third-order valence-electron chi connectivity index (χ3n) is 5.69. The lowest BCUT2D eigenvalue weighted by molar-refractivity contribution is 0.0517. The Labute approximate surface area is 222 Å². The summed E-state index contributed by atoms with van der Waals surface area (Å²) in [4.78, 5) is 53.6. The SMILES string of the molecule is CCOC(=O)c1c(C(=O)c2ccccc2)c(O)c(O)c(OC(=O)c2ccccc2)c1C(=O)c1cccc(O)c1. The molecule has 4 aromatic rings. The van der Waals surface area contributed by atoms with E-state index < -0.39 is 57.4 Å². The molecule has 0 saturated carbocycles. The second-order valence-corrected chi connectivity index (χ2v) is 8.20. The van der Waals surface area contributed by atoms with Gasteiger partial charge in [0.05, 0.1) is 28.9 Å². The normalized spacial score (nSPS) is 10.5. The number of hydrogen-bond acceptors (Lipinski definition) is 9. The number of benzene rings is 4. The molecule has 0 heterocycles. The van der Waals surface area contributed by atoms with Gasteiger partial charge in [-0.2, -0.15) is 0 Å². The van der Waals surface area contributed by atoms with Crippen molar-refractivity contribution < 1.29 is 44.0 Å². The van der Waals surface area contributed by atoms with Crippen LogP contribution in [0.15, 0.2) is 84.9 Å². The topological polar surface area (TPSA) is 147 Å². The Hall–Kier alpha value is -5.44. The number of rotatable bonds is 8. The van der Waals surface area contributed by atoms with Gasteiger partial charge in [0.2, 0.25) is 5.75 Å². The van der Waals surface area contributed by atoms with Crippen molar-refractivity contribution in [2.24, 2.45) is 0 Å². The highest BCUT2D eigenvalue weighted by atomic mass is 16.5. The van der Waals surface area contributed by atoms with Gasteiger partial charge in [0.15, 0.2) is 23.1 Å². The minimum absolute atomic E-state index is 0.0301. The summed E-state index contributed by atoms with van der Waals surface area (Å²) in [5.41, 5.74) is -2.25. The van der Waals surface area contributed by atoms with E-state index in [9.17, 15) is 34.5 Å². The average Bonchev–Trinajstić information content (AvgIpc) is 2.95. The van der Waals surface area contributed by atoms with Crippen LogP contribution in [0.3, 0.4) is 0 Å². The number of aromatic hydroxyl groups is 3. The summed E-state index contributed by atoms with van der Waals surface area (Å²) in [6.45, 7) is 1.32. The first-order valence-electron chi connectivity index (χ1n) is 11.7. The lowest BCUT2D eigenvalue weighted by Crippen LogP contribution is -2.21. The second kappa shape index (κ2) is 11.3. The van der Waals surface area contributed by atoms with Gasteiger partial charge in [-0.1, -0.05) is 60.7 Å². The van der Waals surface area contributed by atoms with Gasteiger partial charge < -0.3 is 24.8 Å². The maximum Gasteiger partial charge on any atom is 0.343 e. The van der Waals surface area contributed by atoms with Crippen molar-refractivity contribution in [2.45, 2.75) is 6.92 Å². The summed E-state index contributed by atoms with van der Waals surface area (Å²) in [5, 5.41) is 31.9. The molecule has 0 aliphatic rings. The molecule has 39 heavy (non-hydrogen) atoms. The summed E-state index contributed by atoms with van der Waals surface area (Å²) in [6, 6.07) is 20.2. The molecular formula is C30H22O9. The van der Waals surface area contributed by atoms with Crippen LogP contribution in [0.1, 0.15) is 59.5 Å². The van der Waals surface area contributed by atoms with Gasteiger partial charge in [0, 0.05) is 11.1 Å². The predicted octanol–water partition coefficient (Wildman–Crippen LogP) is 4.66. The Morgan fingerprint density at radius 2 is 1.18 bits per heavy atom. The molecule has 0 fully saturated rings. The van der Waals surface area contributed by atoms with E-state index in [0.29, 0.717) is 0 Å². The zero-order valence-electron chi connectivity index (χ0n) is 20.6. The number of phenols is 3. The summed E-state index contributed by atoms with van der Waals surface area (Å²) >= 11 is 0. The van der Waals surface area contributed by atoms with Crippen molar-refractivity contribution in [2.75, 3.05) is 6.61 Å². The molecule has 0 amide bonds. The number of carbonyl (C=O) groups is 4. The summed E-state index contributed by atoms with van der Waals surface area (Å²) in [7, 11) is 0. The zero-order chi connectivity index (χ0) is 28.1. The van der Waals surface area contributed by atoms with Crippen LogP contribution < -0.4 is 4.74 Å². The number of ether oxygens (including phenoxy) is 2. The molecule has 9 nitrogen and oxygen atoms in total. The molecule has 4 aromatic carbocycles. The maximum absolute atomic E-state index is 13.8. The molecular weight excluding hydrogens is 504 g/mol. The molecule has 0 saturated heterocycles. The number of hydrogen-bond donors (Lipinski definition) is 3. The molecule has 0 aromatic heterocycles. The summed E-state index contributed by atoms with van der Waals surface area (Å²) in [6.07, 6.45) is 0. The Morgan fingerprint density at radius 1 is 0.615 bits per heavy atom. The number of phenolic OH excluding ortho intramolecular Hbond substituents is 3. The number of esters is 2. The molecule has 4 rings (SSSR count). The molecule has 0 bridgehead atoms. The van der Waals surface area contributed by atoms with Gasteiger partial charge in [-0.05, 0) is 31.2 Å². The van der Waals surface area contributed by atoms with Gasteiger partial charge in [-0.15, -0.1) is 0 Å². The zero-order valence-corrected chi connectivity index (χ0v) is 20.6. The Morgan fingerprint density at radius 3 is 1.77 bits per heavy atom. The van der Waals surface area contributed by atoms with E-state index in [0.717, 1.165) is 6.07 Å². The Bertz CT molecular complexity index is 1580. The van der Waals surface area contributed by atoms with Crippen molar-refractivity contribution in [3.63, 3.8) is 0 Å². The summed E-state index contributed by atoms with van der Waals surface area (Å²) < 4.78 is 10.5. The van der Waals surface area contributed by atoms with Crippen molar-refractivity contribution >= 4 is 23.5 Å². The number of carbonyl (C=O) groups excluding carboxylic acids is 4. The first-order valence-corrected chi connectivity index (χ1v) is 11.7. The molecule has 0 aliphatic heterocycles. The molecule has 0 unspecified atom stereocenters. The third kappa shape index (κ3) is 5.33. The minimum atomic E-state index is -1.19. The molecule has 0 spiro atoms. The first kappa shape index (κ1) is 26.6. The highest BCUT2D eigenvalue weighted by Crippen LogP contribution is 2.46. The van der Waals surface area contributed by atoms with E-state index in [4.69, 9.17) is 9.47 Å². The average molecular weight is 526 g/mol. The standard InChI is InChI=1S/C30H22O9/c1-2-38-30(37)21-22(24(32)17-10-5-3-6-11-17)26(34)27(35)28(39-29(36)18-12-7-4-8-13-18)23(21)25(33)19-14-9-15-20(31)16-19/h3-16,31,34-35H,2H2,1H3.